The van der Waals surface area contributed by atoms with Crippen molar-refractivity contribution in [3.05, 3.63) is 65.4 Å². The van der Waals surface area contributed by atoms with Gasteiger partial charge < -0.3 is 14.5 Å². The first kappa shape index (κ1) is 21.5. The second-order valence-electron chi connectivity index (χ2n) is 8.60. The molecule has 3 aromatic rings. The molecule has 0 bridgehead atoms. The van der Waals surface area contributed by atoms with Crippen molar-refractivity contribution in [2.24, 2.45) is 0 Å². The lowest BCUT2D eigenvalue weighted by molar-refractivity contribution is 0.0301. The highest BCUT2D eigenvalue weighted by molar-refractivity contribution is 6.05. The Labute approximate surface area is 192 Å². The Morgan fingerprint density at radius 2 is 1.76 bits per heavy atom. The molecule has 8 heteroatoms. The number of carbonyl (C=O) groups is 2. The number of morpholine rings is 1. The molecular formula is C25H27N5O3. The number of ether oxygens (including phenoxy) is 1. The topological polar surface area (TPSA) is 88.5 Å². The molecule has 1 atom stereocenters. The SMILES string of the molecule is Cc1nc([C@@H]2CCCN(C(=O)c3cccc4cccnc34)C2)ncc1C(=O)N1CCOCC1. The third-order valence-corrected chi connectivity index (χ3v) is 6.46. The van der Waals surface area contributed by atoms with Crippen LogP contribution >= 0.6 is 0 Å². The number of fused-ring (bicyclic) bond motifs is 1. The second kappa shape index (κ2) is 9.23. The molecule has 2 aliphatic heterocycles. The van der Waals surface area contributed by atoms with Crippen LogP contribution in [0.2, 0.25) is 0 Å². The van der Waals surface area contributed by atoms with E-state index in [0.717, 1.165) is 23.7 Å². The molecule has 0 saturated carbocycles. The van der Waals surface area contributed by atoms with E-state index in [-0.39, 0.29) is 17.7 Å². The van der Waals surface area contributed by atoms with Crippen molar-refractivity contribution in [3.8, 4) is 0 Å². The maximum absolute atomic E-state index is 13.4. The quantitative estimate of drug-likeness (QED) is 0.616. The molecule has 0 radical (unpaired) electrons. The van der Waals surface area contributed by atoms with Gasteiger partial charge in [-0.15, -0.1) is 0 Å². The number of nitrogens with zero attached hydrogens (tertiary/aromatic N) is 5. The standard InChI is InChI=1S/C25H27N5O3/c1-17-21(25(32)29-11-13-33-14-12-29)15-27-23(28-17)19-7-4-10-30(16-19)24(31)20-8-2-5-18-6-3-9-26-22(18)20/h2-3,5-6,8-9,15,19H,4,7,10-14,16H2,1H3/t19-/m1/s1. The van der Waals surface area contributed by atoms with Crippen LogP contribution in [0.15, 0.2) is 42.7 Å². The predicted molar refractivity (Wildman–Crippen MR) is 123 cm³/mol. The van der Waals surface area contributed by atoms with E-state index in [4.69, 9.17) is 4.74 Å². The average molecular weight is 446 g/mol. The first-order valence-corrected chi connectivity index (χ1v) is 11.5. The van der Waals surface area contributed by atoms with Gasteiger partial charge >= 0.3 is 0 Å². The van der Waals surface area contributed by atoms with Crippen LogP contribution < -0.4 is 0 Å². The van der Waals surface area contributed by atoms with Crippen LogP contribution in [0.25, 0.3) is 10.9 Å². The molecule has 0 aliphatic carbocycles. The normalized spacial score (nSPS) is 19.0. The number of aromatic nitrogens is 3. The van der Waals surface area contributed by atoms with Crippen molar-refractivity contribution in [3.63, 3.8) is 0 Å². The van der Waals surface area contributed by atoms with Crippen molar-refractivity contribution in [2.45, 2.75) is 25.7 Å². The Morgan fingerprint density at radius 3 is 2.58 bits per heavy atom. The van der Waals surface area contributed by atoms with Gasteiger partial charge in [-0.25, -0.2) is 9.97 Å². The van der Waals surface area contributed by atoms with Crippen molar-refractivity contribution in [2.75, 3.05) is 39.4 Å². The highest BCUT2D eigenvalue weighted by Gasteiger charge is 2.29. The van der Waals surface area contributed by atoms with Crippen LogP contribution in [-0.2, 0) is 4.74 Å². The Bertz CT molecular complexity index is 1190. The highest BCUT2D eigenvalue weighted by Crippen LogP contribution is 2.27. The maximum atomic E-state index is 13.4. The molecule has 2 saturated heterocycles. The first-order chi connectivity index (χ1) is 16.1. The van der Waals surface area contributed by atoms with Crippen molar-refractivity contribution in [1.29, 1.82) is 0 Å². The Morgan fingerprint density at radius 1 is 0.970 bits per heavy atom. The molecule has 5 rings (SSSR count). The van der Waals surface area contributed by atoms with E-state index in [1.54, 1.807) is 17.3 Å². The van der Waals surface area contributed by atoms with E-state index in [2.05, 4.69) is 15.0 Å². The highest BCUT2D eigenvalue weighted by atomic mass is 16.5. The number of aryl methyl sites for hydroxylation is 1. The minimum Gasteiger partial charge on any atom is -0.378 e. The minimum atomic E-state index is -0.0498. The van der Waals surface area contributed by atoms with Crippen molar-refractivity contribution < 1.29 is 14.3 Å². The Kier molecular flexibility index (Phi) is 6.00. The van der Waals surface area contributed by atoms with E-state index in [1.807, 2.05) is 42.2 Å². The summed E-state index contributed by atoms with van der Waals surface area (Å²) in [5, 5.41) is 0.955. The van der Waals surface area contributed by atoms with E-state index >= 15 is 0 Å². The molecule has 4 heterocycles. The fraction of sp³-hybridized carbons (Fsp3) is 0.400. The molecule has 33 heavy (non-hydrogen) atoms. The van der Waals surface area contributed by atoms with Crippen LogP contribution in [0.5, 0.6) is 0 Å². The van der Waals surface area contributed by atoms with Crippen LogP contribution in [0, 0.1) is 6.92 Å². The second-order valence-corrected chi connectivity index (χ2v) is 8.60. The molecule has 0 N–H and O–H groups in total. The Hall–Kier alpha value is -3.39. The average Bonchev–Trinajstić information content (AvgIpc) is 2.88. The number of benzene rings is 1. The fourth-order valence-electron chi connectivity index (χ4n) is 4.65. The van der Waals surface area contributed by atoms with Crippen LogP contribution in [0.4, 0.5) is 0 Å². The summed E-state index contributed by atoms with van der Waals surface area (Å²) in [6.07, 6.45) is 5.15. The number of pyridine rings is 1. The monoisotopic (exact) mass is 445 g/mol. The van der Waals surface area contributed by atoms with Gasteiger partial charge in [-0.2, -0.15) is 0 Å². The zero-order valence-electron chi connectivity index (χ0n) is 18.7. The summed E-state index contributed by atoms with van der Waals surface area (Å²) < 4.78 is 5.34. The number of para-hydroxylation sites is 1. The van der Waals surface area contributed by atoms with Crippen molar-refractivity contribution >= 4 is 22.7 Å². The minimum absolute atomic E-state index is 0.0140. The van der Waals surface area contributed by atoms with Crippen LogP contribution in [-0.4, -0.2) is 76.0 Å². The first-order valence-electron chi connectivity index (χ1n) is 11.5. The van der Waals surface area contributed by atoms with Gasteiger partial charge in [0.15, 0.2) is 0 Å². The van der Waals surface area contributed by atoms with E-state index < -0.39 is 0 Å². The number of amides is 2. The molecule has 8 nitrogen and oxygen atoms in total. The zero-order chi connectivity index (χ0) is 22.8. The number of piperidine rings is 1. The van der Waals surface area contributed by atoms with E-state index in [1.165, 1.54) is 0 Å². The lowest BCUT2D eigenvalue weighted by atomic mass is 9.96. The number of hydrogen-bond acceptors (Lipinski definition) is 6. The van der Waals surface area contributed by atoms with E-state index in [0.29, 0.717) is 62.0 Å². The van der Waals surface area contributed by atoms with Crippen LogP contribution in [0.3, 0.4) is 0 Å². The molecule has 2 aromatic heterocycles. The summed E-state index contributed by atoms with van der Waals surface area (Å²) in [6.45, 7) is 5.39. The number of hydrogen-bond donors (Lipinski definition) is 0. The molecular weight excluding hydrogens is 418 g/mol. The number of rotatable bonds is 3. The van der Waals surface area contributed by atoms with Gasteiger partial charge in [-0.1, -0.05) is 18.2 Å². The molecule has 1 aromatic carbocycles. The third kappa shape index (κ3) is 4.30. The third-order valence-electron chi connectivity index (χ3n) is 6.46. The number of carbonyl (C=O) groups excluding carboxylic acids is 2. The summed E-state index contributed by atoms with van der Waals surface area (Å²) >= 11 is 0. The summed E-state index contributed by atoms with van der Waals surface area (Å²) in [4.78, 5) is 43.5. The van der Waals surface area contributed by atoms with Crippen LogP contribution in [0.1, 0.15) is 51.0 Å². The summed E-state index contributed by atoms with van der Waals surface area (Å²) in [5.41, 5.74) is 2.56. The molecule has 2 amide bonds. The maximum Gasteiger partial charge on any atom is 0.257 e. The largest absolute Gasteiger partial charge is 0.378 e. The van der Waals surface area contributed by atoms with Gasteiger partial charge in [0.1, 0.15) is 5.82 Å². The number of likely N-dealkylation sites (tertiary alicyclic amines) is 1. The zero-order valence-corrected chi connectivity index (χ0v) is 18.7. The lowest BCUT2D eigenvalue weighted by Crippen LogP contribution is -2.41. The summed E-state index contributed by atoms with van der Waals surface area (Å²) in [5.74, 6) is 0.669. The lowest BCUT2D eigenvalue weighted by Gasteiger charge is -2.32. The molecule has 0 spiro atoms. The van der Waals surface area contributed by atoms with Gasteiger partial charge in [-0.05, 0) is 31.9 Å². The predicted octanol–water partition coefficient (Wildman–Crippen LogP) is 2.83. The molecule has 2 aliphatic rings. The van der Waals surface area contributed by atoms with E-state index in [9.17, 15) is 9.59 Å². The van der Waals surface area contributed by atoms with Gasteiger partial charge in [0.2, 0.25) is 0 Å². The van der Waals surface area contributed by atoms with Crippen molar-refractivity contribution in [1.82, 2.24) is 24.8 Å². The molecule has 2 fully saturated rings. The summed E-state index contributed by atoms with van der Waals surface area (Å²) in [6, 6.07) is 9.55. The van der Waals surface area contributed by atoms with Gasteiger partial charge in [0.05, 0.1) is 35.6 Å². The van der Waals surface area contributed by atoms with Gasteiger partial charge in [0.25, 0.3) is 11.8 Å². The Balaban J connectivity index is 1.34. The molecule has 0 unspecified atom stereocenters. The van der Waals surface area contributed by atoms with Gasteiger partial charge in [-0.3, -0.25) is 14.6 Å². The smallest absolute Gasteiger partial charge is 0.257 e. The van der Waals surface area contributed by atoms with Gasteiger partial charge in [0, 0.05) is 49.9 Å². The fourth-order valence-corrected chi connectivity index (χ4v) is 4.65. The molecule has 170 valence electrons. The summed E-state index contributed by atoms with van der Waals surface area (Å²) in [7, 11) is 0.